The fourth-order valence-corrected chi connectivity index (χ4v) is 2.70. The van der Waals surface area contributed by atoms with E-state index in [-0.39, 0.29) is 22.2 Å². The molecular formula is C20H38O2. The van der Waals surface area contributed by atoms with Gasteiger partial charge in [0.1, 0.15) is 5.60 Å². The molecule has 0 N–H and O–H groups in total. The Morgan fingerprint density at radius 3 is 1.82 bits per heavy atom. The van der Waals surface area contributed by atoms with Crippen molar-refractivity contribution in [2.24, 2.45) is 28.1 Å². The third kappa shape index (κ3) is 3.86. The van der Waals surface area contributed by atoms with Crippen LogP contribution in [-0.4, -0.2) is 11.6 Å². The molecule has 0 amide bonds. The second-order valence-electron chi connectivity index (χ2n) is 10.0. The van der Waals surface area contributed by atoms with E-state index in [0.29, 0.717) is 11.8 Å². The molecule has 130 valence electrons. The molecule has 1 aliphatic carbocycles. The lowest BCUT2D eigenvalue weighted by Crippen LogP contribution is -2.45. The number of ether oxygens (including phenoxy) is 1. The van der Waals surface area contributed by atoms with E-state index >= 15 is 0 Å². The fraction of sp³-hybridized carbons (Fsp3) is 0.950. The summed E-state index contributed by atoms with van der Waals surface area (Å²) in [6, 6.07) is 0. The van der Waals surface area contributed by atoms with Crippen LogP contribution in [0.3, 0.4) is 0 Å². The van der Waals surface area contributed by atoms with Crippen LogP contribution in [0.2, 0.25) is 0 Å². The van der Waals surface area contributed by atoms with Crippen molar-refractivity contribution in [3.8, 4) is 0 Å². The second-order valence-corrected chi connectivity index (χ2v) is 10.0. The minimum atomic E-state index is -0.408. The summed E-state index contributed by atoms with van der Waals surface area (Å²) < 4.78 is 6.01. The van der Waals surface area contributed by atoms with Crippen molar-refractivity contribution in [2.45, 2.75) is 94.1 Å². The zero-order valence-corrected chi connectivity index (χ0v) is 16.6. The molecule has 2 atom stereocenters. The molecule has 0 heterocycles. The lowest BCUT2D eigenvalue weighted by atomic mass is 9.65. The van der Waals surface area contributed by atoms with Crippen molar-refractivity contribution in [3.63, 3.8) is 0 Å². The van der Waals surface area contributed by atoms with Crippen LogP contribution < -0.4 is 0 Å². The fourth-order valence-electron chi connectivity index (χ4n) is 2.70. The minimum Gasteiger partial charge on any atom is -0.459 e. The Morgan fingerprint density at radius 2 is 1.50 bits per heavy atom. The van der Waals surface area contributed by atoms with E-state index in [1.165, 1.54) is 0 Å². The number of rotatable bonds is 6. The van der Waals surface area contributed by atoms with Crippen molar-refractivity contribution < 1.29 is 9.53 Å². The van der Waals surface area contributed by atoms with E-state index in [2.05, 4.69) is 55.4 Å². The molecule has 2 heteroatoms. The molecule has 2 unspecified atom stereocenters. The molecule has 2 nitrogen and oxygen atoms in total. The minimum absolute atomic E-state index is 0.00213. The molecule has 1 rings (SSSR count). The highest BCUT2D eigenvalue weighted by Gasteiger charge is 2.59. The number of carbonyl (C=O) groups excluding carboxylic acids is 1. The molecule has 0 spiro atoms. The highest BCUT2D eigenvalue weighted by molar-refractivity contribution is 5.78. The quantitative estimate of drug-likeness (QED) is 0.576. The highest BCUT2D eigenvalue weighted by atomic mass is 16.6. The lowest BCUT2D eigenvalue weighted by molar-refractivity contribution is -0.178. The van der Waals surface area contributed by atoms with E-state index in [4.69, 9.17) is 4.74 Å². The molecule has 1 saturated carbocycles. The van der Waals surface area contributed by atoms with Crippen molar-refractivity contribution in [3.05, 3.63) is 0 Å². The Bertz CT molecular complexity index is 410. The van der Waals surface area contributed by atoms with Gasteiger partial charge < -0.3 is 4.74 Å². The molecule has 22 heavy (non-hydrogen) atoms. The van der Waals surface area contributed by atoms with Crippen LogP contribution in [0.4, 0.5) is 0 Å². The van der Waals surface area contributed by atoms with Gasteiger partial charge in [-0.15, -0.1) is 0 Å². The maximum absolute atomic E-state index is 13.1. The van der Waals surface area contributed by atoms with Crippen molar-refractivity contribution >= 4 is 5.97 Å². The second kappa shape index (κ2) is 5.83. The predicted octanol–water partition coefficient (Wildman–Crippen LogP) is 5.84. The Hall–Kier alpha value is -0.530. The van der Waals surface area contributed by atoms with Crippen LogP contribution in [0.5, 0.6) is 0 Å². The van der Waals surface area contributed by atoms with Gasteiger partial charge in [-0.3, -0.25) is 4.79 Å². The molecule has 0 aromatic heterocycles. The van der Waals surface area contributed by atoms with Crippen LogP contribution in [0.25, 0.3) is 0 Å². The molecule has 0 saturated heterocycles. The van der Waals surface area contributed by atoms with Gasteiger partial charge in [-0.1, -0.05) is 48.5 Å². The molecule has 0 radical (unpaired) electrons. The maximum atomic E-state index is 13.1. The zero-order valence-electron chi connectivity index (χ0n) is 16.6. The summed E-state index contributed by atoms with van der Waals surface area (Å²) in [7, 11) is 0. The Morgan fingerprint density at radius 1 is 1.05 bits per heavy atom. The van der Waals surface area contributed by atoms with Crippen LogP contribution in [0.15, 0.2) is 0 Å². The van der Waals surface area contributed by atoms with Crippen molar-refractivity contribution in [1.82, 2.24) is 0 Å². The first kappa shape index (κ1) is 19.5. The Labute approximate surface area is 138 Å². The summed E-state index contributed by atoms with van der Waals surface area (Å²) >= 11 is 0. The molecular weight excluding hydrogens is 272 g/mol. The number of hydrogen-bond acceptors (Lipinski definition) is 2. The van der Waals surface area contributed by atoms with E-state index < -0.39 is 5.60 Å². The SMILES string of the molecule is CC(CC(C)(C(=O)OC(C)(C)C(C)C)C1(C)CC1)C(C)(C)C. The monoisotopic (exact) mass is 310 g/mol. The Kier molecular flexibility index (Phi) is 5.18. The van der Waals surface area contributed by atoms with Gasteiger partial charge in [0, 0.05) is 0 Å². The summed E-state index contributed by atoms with van der Waals surface area (Å²) in [6.07, 6.45) is 3.18. The predicted molar refractivity (Wildman–Crippen MR) is 93.7 cm³/mol. The normalized spacial score (nSPS) is 22.1. The van der Waals surface area contributed by atoms with Crippen molar-refractivity contribution in [2.75, 3.05) is 0 Å². The molecule has 0 bridgehead atoms. The largest absolute Gasteiger partial charge is 0.459 e. The van der Waals surface area contributed by atoms with Gasteiger partial charge in [0.2, 0.25) is 0 Å². The summed E-state index contributed by atoms with van der Waals surface area (Å²) in [4.78, 5) is 13.1. The van der Waals surface area contributed by atoms with Gasteiger partial charge in [0.25, 0.3) is 0 Å². The molecule has 1 fully saturated rings. The number of esters is 1. The van der Waals surface area contributed by atoms with Gasteiger partial charge in [-0.25, -0.2) is 0 Å². The molecule has 0 aromatic rings. The van der Waals surface area contributed by atoms with Crippen LogP contribution in [0, 0.1) is 28.1 Å². The lowest BCUT2D eigenvalue weighted by Gasteiger charge is -2.42. The summed E-state index contributed by atoms with van der Waals surface area (Å²) in [5.74, 6) is 0.791. The van der Waals surface area contributed by atoms with Gasteiger partial charge in [0.05, 0.1) is 5.41 Å². The van der Waals surface area contributed by atoms with E-state index in [1.54, 1.807) is 0 Å². The first-order valence-electron chi connectivity index (χ1n) is 8.89. The molecule has 1 aliphatic rings. The van der Waals surface area contributed by atoms with Crippen LogP contribution >= 0.6 is 0 Å². The van der Waals surface area contributed by atoms with Crippen LogP contribution in [-0.2, 0) is 9.53 Å². The zero-order chi connectivity index (χ0) is 17.6. The van der Waals surface area contributed by atoms with E-state index in [0.717, 1.165) is 19.3 Å². The highest BCUT2D eigenvalue weighted by Crippen LogP contribution is 2.62. The third-order valence-electron chi connectivity index (χ3n) is 6.72. The van der Waals surface area contributed by atoms with Crippen LogP contribution in [0.1, 0.15) is 88.5 Å². The van der Waals surface area contributed by atoms with E-state index in [1.807, 2.05) is 13.8 Å². The standard InChI is InChI=1S/C20H38O2/c1-14(2)18(7,8)22-16(21)20(10,19(9)11-12-19)13-15(3)17(4,5)6/h14-15H,11-13H2,1-10H3. The number of hydrogen-bond donors (Lipinski definition) is 0. The first-order valence-corrected chi connectivity index (χ1v) is 8.89. The summed E-state index contributed by atoms with van der Waals surface area (Å²) in [5, 5.41) is 0. The average molecular weight is 311 g/mol. The maximum Gasteiger partial charge on any atom is 0.312 e. The topological polar surface area (TPSA) is 26.3 Å². The molecule has 0 aromatic carbocycles. The third-order valence-corrected chi connectivity index (χ3v) is 6.72. The van der Waals surface area contributed by atoms with E-state index in [9.17, 15) is 4.79 Å². The van der Waals surface area contributed by atoms with Gasteiger partial charge >= 0.3 is 5.97 Å². The first-order chi connectivity index (χ1) is 9.66. The molecule has 0 aliphatic heterocycles. The summed E-state index contributed by atoms with van der Waals surface area (Å²) in [5.41, 5.74) is -0.475. The average Bonchev–Trinajstić information content (AvgIpc) is 3.06. The van der Waals surface area contributed by atoms with Gasteiger partial charge in [-0.2, -0.15) is 0 Å². The number of carbonyl (C=O) groups is 1. The van der Waals surface area contributed by atoms with Gasteiger partial charge in [-0.05, 0) is 62.7 Å². The Balaban J connectivity index is 3.01. The van der Waals surface area contributed by atoms with Gasteiger partial charge in [0.15, 0.2) is 0 Å². The summed E-state index contributed by atoms with van der Waals surface area (Å²) in [6.45, 7) is 21.7. The van der Waals surface area contributed by atoms with Crippen molar-refractivity contribution in [1.29, 1.82) is 0 Å². The smallest absolute Gasteiger partial charge is 0.312 e.